The first kappa shape index (κ1) is 27.1. The van der Waals surface area contributed by atoms with E-state index >= 15 is 0 Å². The summed E-state index contributed by atoms with van der Waals surface area (Å²) < 4.78 is 13.6. The molecule has 6 nitrogen and oxygen atoms in total. The minimum absolute atomic E-state index is 0.0408. The summed E-state index contributed by atoms with van der Waals surface area (Å²) >= 11 is 5.78. The molecule has 0 bridgehead atoms. The zero-order valence-electron chi connectivity index (χ0n) is 22.9. The molecule has 206 valence electrons. The monoisotopic (exact) mass is 538 g/mol. The van der Waals surface area contributed by atoms with Crippen LogP contribution in [0.1, 0.15) is 89.5 Å². The van der Waals surface area contributed by atoms with Crippen molar-refractivity contribution in [1.29, 1.82) is 0 Å². The summed E-state index contributed by atoms with van der Waals surface area (Å²) in [7, 11) is 0. The van der Waals surface area contributed by atoms with E-state index in [-0.39, 0.29) is 11.2 Å². The molecule has 2 aromatic rings. The smallest absolute Gasteiger partial charge is 0.232 e. The van der Waals surface area contributed by atoms with E-state index in [1.807, 2.05) is 12.1 Å². The average Bonchev–Trinajstić information content (AvgIpc) is 3.23. The summed E-state index contributed by atoms with van der Waals surface area (Å²) in [4.78, 5) is 14.7. The molecule has 0 amide bonds. The molecule has 0 spiro atoms. The molecule has 2 aliphatic heterocycles. The molecule has 1 aromatic carbocycles. The van der Waals surface area contributed by atoms with E-state index in [1.54, 1.807) is 12.1 Å². The molecule has 2 N–H and O–H groups in total. The Hall–Kier alpha value is -2.48. The summed E-state index contributed by atoms with van der Waals surface area (Å²) in [5.41, 5.74) is 1.15. The Kier molecular flexibility index (Phi) is 8.97. The number of anilines is 3. The summed E-state index contributed by atoms with van der Waals surface area (Å²) in [6.45, 7) is 6.11. The number of hydrogen-bond donors (Lipinski definition) is 2. The van der Waals surface area contributed by atoms with Crippen LogP contribution in [0.5, 0.6) is 0 Å². The van der Waals surface area contributed by atoms with Crippen LogP contribution in [0, 0.1) is 5.82 Å². The molecule has 8 heteroatoms. The van der Waals surface area contributed by atoms with Crippen LogP contribution in [0.3, 0.4) is 0 Å². The highest BCUT2D eigenvalue weighted by atomic mass is 32.1. The molecule has 1 atom stereocenters. The maximum atomic E-state index is 13.6. The summed E-state index contributed by atoms with van der Waals surface area (Å²) in [6.07, 6.45) is 14.4. The van der Waals surface area contributed by atoms with Crippen molar-refractivity contribution in [2.75, 3.05) is 41.3 Å². The fraction of sp³-hybridized carbons (Fsp3) is 0.633. The quantitative estimate of drug-likeness (QED) is 0.404. The normalized spacial score (nSPS) is 22.0. The van der Waals surface area contributed by atoms with Gasteiger partial charge >= 0.3 is 0 Å². The van der Waals surface area contributed by atoms with Crippen molar-refractivity contribution in [2.45, 2.75) is 95.4 Å². The molecule has 1 unspecified atom stereocenters. The first-order valence-corrected chi connectivity index (χ1v) is 15.1. The second-order valence-electron chi connectivity index (χ2n) is 11.5. The third-order valence-corrected chi connectivity index (χ3v) is 9.05. The van der Waals surface area contributed by atoms with E-state index in [4.69, 9.17) is 22.2 Å². The summed E-state index contributed by atoms with van der Waals surface area (Å²) in [5.74, 6) is 2.36. The third-order valence-electron chi connectivity index (χ3n) is 8.81. The number of nitrogens with one attached hydrogen (secondary N) is 2. The average molecular weight is 539 g/mol. The number of halogens is 1. The highest BCUT2D eigenvalue weighted by Gasteiger charge is 2.34. The number of benzene rings is 1. The van der Waals surface area contributed by atoms with E-state index in [1.165, 1.54) is 69.8 Å². The van der Waals surface area contributed by atoms with Crippen LogP contribution in [0.15, 0.2) is 30.3 Å². The summed E-state index contributed by atoms with van der Waals surface area (Å²) in [6, 6.07) is 9.69. The fourth-order valence-electron chi connectivity index (χ4n) is 6.52. The number of aromatic nitrogens is 2. The van der Waals surface area contributed by atoms with Gasteiger partial charge < -0.3 is 20.4 Å². The molecule has 1 saturated carbocycles. The van der Waals surface area contributed by atoms with E-state index in [0.717, 1.165) is 44.1 Å². The first-order valence-electron chi connectivity index (χ1n) is 14.7. The molecule has 1 aliphatic carbocycles. The molecule has 5 rings (SSSR count). The Morgan fingerprint density at radius 2 is 1.58 bits per heavy atom. The van der Waals surface area contributed by atoms with Crippen LogP contribution in [-0.2, 0) is 5.41 Å². The van der Waals surface area contributed by atoms with Gasteiger partial charge in [-0.15, -0.1) is 0 Å². The molecular weight excluding hydrogens is 495 g/mol. The van der Waals surface area contributed by atoms with Gasteiger partial charge in [-0.25, -0.2) is 4.39 Å². The van der Waals surface area contributed by atoms with Gasteiger partial charge in [0.15, 0.2) is 5.11 Å². The van der Waals surface area contributed by atoms with Gasteiger partial charge in [-0.05, 0) is 81.8 Å². The Labute approximate surface area is 232 Å². The highest BCUT2D eigenvalue weighted by molar-refractivity contribution is 7.80. The van der Waals surface area contributed by atoms with E-state index < -0.39 is 0 Å². The second kappa shape index (κ2) is 12.6. The highest BCUT2D eigenvalue weighted by Crippen LogP contribution is 2.39. The molecule has 3 fully saturated rings. The Bertz CT molecular complexity index is 1060. The number of nitrogens with zero attached hydrogens (tertiary/aromatic N) is 4. The largest absolute Gasteiger partial charge is 0.361 e. The minimum Gasteiger partial charge on any atom is -0.361 e. The van der Waals surface area contributed by atoms with Gasteiger partial charge in [0.25, 0.3) is 0 Å². The maximum Gasteiger partial charge on any atom is 0.232 e. The van der Waals surface area contributed by atoms with E-state index in [2.05, 4.69) is 33.4 Å². The number of piperidine rings is 1. The maximum absolute atomic E-state index is 13.6. The Balaban J connectivity index is 1.33. The van der Waals surface area contributed by atoms with Gasteiger partial charge in [0.05, 0.1) is 0 Å². The molecular formula is C30H43FN6S. The van der Waals surface area contributed by atoms with Gasteiger partial charge in [0, 0.05) is 43.7 Å². The van der Waals surface area contributed by atoms with Crippen LogP contribution >= 0.6 is 12.2 Å². The number of hydrogen-bond acceptors (Lipinski definition) is 5. The van der Waals surface area contributed by atoms with Gasteiger partial charge in [-0.3, -0.25) is 0 Å². The molecule has 0 radical (unpaired) electrons. The lowest BCUT2D eigenvalue weighted by Gasteiger charge is -2.38. The molecule has 38 heavy (non-hydrogen) atoms. The molecule has 3 heterocycles. The Morgan fingerprint density at radius 1 is 0.921 bits per heavy atom. The van der Waals surface area contributed by atoms with Crippen LogP contribution in [-0.4, -0.2) is 47.3 Å². The Morgan fingerprint density at radius 3 is 2.29 bits per heavy atom. The zero-order valence-corrected chi connectivity index (χ0v) is 23.7. The standard InChI is InChI=1S/C30H43FN6S/c1-23-11-5-10-20-37(23)27-21-26(36-18-8-2-3-9-19-36)33-28(34-27)35-29(38)32-22-30(16-6-4-7-17-30)24-12-14-25(31)15-13-24/h12-15,21,23H,2-11,16-20,22H2,1H3,(H2,32,33,34,35,38). The zero-order chi connectivity index (χ0) is 26.4. The lowest BCUT2D eigenvalue weighted by atomic mass is 9.69. The SMILES string of the molecule is CC1CCCCN1c1cc(N2CCCCCC2)nc(NC(=S)NCC2(c3ccc(F)cc3)CCCCC2)n1. The molecule has 1 aromatic heterocycles. The van der Waals surface area contributed by atoms with Crippen molar-refractivity contribution < 1.29 is 4.39 Å². The van der Waals surface area contributed by atoms with Crippen molar-refractivity contribution in [1.82, 2.24) is 15.3 Å². The predicted molar refractivity (Wildman–Crippen MR) is 159 cm³/mol. The molecule has 3 aliphatic rings. The van der Waals surface area contributed by atoms with Crippen molar-refractivity contribution in [3.63, 3.8) is 0 Å². The lowest BCUT2D eigenvalue weighted by molar-refractivity contribution is 0.292. The van der Waals surface area contributed by atoms with Crippen molar-refractivity contribution in [3.8, 4) is 0 Å². The van der Waals surface area contributed by atoms with Crippen LogP contribution < -0.4 is 20.4 Å². The van der Waals surface area contributed by atoms with Gasteiger partial charge in [0.1, 0.15) is 17.5 Å². The van der Waals surface area contributed by atoms with Gasteiger partial charge in [-0.2, -0.15) is 9.97 Å². The van der Waals surface area contributed by atoms with Gasteiger partial charge in [-0.1, -0.05) is 44.2 Å². The van der Waals surface area contributed by atoms with Crippen LogP contribution in [0.25, 0.3) is 0 Å². The minimum atomic E-state index is -0.190. The number of thiocarbonyl (C=S) groups is 1. The molecule has 2 saturated heterocycles. The summed E-state index contributed by atoms with van der Waals surface area (Å²) in [5, 5.41) is 7.37. The number of rotatable bonds is 6. The third kappa shape index (κ3) is 6.56. The van der Waals surface area contributed by atoms with Crippen LogP contribution in [0.2, 0.25) is 0 Å². The fourth-order valence-corrected chi connectivity index (χ4v) is 6.68. The first-order chi connectivity index (χ1) is 18.5. The predicted octanol–water partition coefficient (Wildman–Crippen LogP) is 6.56. The second-order valence-corrected chi connectivity index (χ2v) is 11.9. The van der Waals surface area contributed by atoms with Crippen molar-refractivity contribution in [3.05, 3.63) is 41.7 Å². The topological polar surface area (TPSA) is 56.3 Å². The lowest BCUT2D eigenvalue weighted by Crippen LogP contribution is -2.44. The van der Waals surface area contributed by atoms with Gasteiger partial charge in [0.2, 0.25) is 5.95 Å². The van der Waals surface area contributed by atoms with E-state index in [0.29, 0.717) is 23.6 Å². The van der Waals surface area contributed by atoms with Crippen molar-refractivity contribution in [2.24, 2.45) is 0 Å². The van der Waals surface area contributed by atoms with Crippen LogP contribution in [0.4, 0.5) is 22.0 Å². The van der Waals surface area contributed by atoms with Crippen molar-refractivity contribution >= 4 is 34.9 Å². The van der Waals surface area contributed by atoms with E-state index in [9.17, 15) is 4.39 Å².